The van der Waals surface area contributed by atoms with Crippen molar-refractivity contribution in [2.24, 2.45) is 0 Å². The van der Waals surface area contributed by atoms with Crippen LogP contribution in [-0.4, -0.2) is 10.9 Å². The van der Waals surface area contributed by atoms with Crippen LogP contribution in [0.3, 0.4) is 0 Å². The Morgan fingerprint density at radius 3 is 2.77 bits per heavy atom. The number of hydrogen-bond donors (Lipinski definition) is 1. The highest BCUT2D eigenvalue weighted by atomic mass is 35.5. The van der Waals surface area contributed by atoms with E-state index in [1.165, 1.54) is 11.3 Å². The number of thiazole rings is 1. The fourth-order valence-electron chi connectivity index (χ4n) is 3.22. The standard InChI is InChI=1S/C24H23ClN2O3S/c1-13(2)17-11-18(25)15(4)10-21(17)29-12-16-6-8-20(30-16)23(28)27-24-26-19-7-5-14(3)9-22(19)31-24/h5-11,13H,12H2,1-4H3,(H,26,27,28). The number of anilines is 1. The molecule has 0 aliphatic rings. The summed E-state index contributed by atoms with van der Waals surface area (Å²) in [4.78, 5) is 17.0. The lowest BCUT2D eigenvalue weighted by molar-refractivity contribution is 0.0992. The van der Waals surface area contributed by atoms with Crippen molar-refractivity contribution in [3.05, 3.63) is 75.7 Å². The number of furan rings is 1. The van der Waals surface area contributed by atoms with E-state index < -0.39 is 0 Å². The third-order valence-electron chi connectivity index (χ3n) is 4.93. The molecule has 0 fully saturated rings. The van der Waals surface area contributed by atoms with E-state index in [1.807, 2.05) is 38.1 Å². The summed E-state index contributed by atoms with van der Waals surface area (Å²) in [6.07, 6.45) is 0. The Morgan fingerprint density at radius 1 is 1.19 bits per heavy atom. The van der Waals surface area contributed by atoms with Crippen molar-refractivity contribution in [1.82, 2.24) is 4.98 Å². The lowest BCUT2D eigenvalue weighted by atomic mass is 10.0. The summed E-state index contributed by atoms with van der Waals surface area (Å²) in [5.41, 5.74) is 4.00. The van der Waals surface area contributed by atoms with Gasteiger partial charge in [0.05, 0.1) is 10.2 Å². The van der Waals surface area contributed by atoms with E-state index in [9.17, 15) is 4.79 Å². The molecule has 160 valence electrons. The van der Waals surface area contributed by atoms with Crippen molar-refractivity contribution in [2.45, 2.75) is 40.2 Å². The molecule has 0 radical (unpaired) electrons. The van der Waals surface area contributed by atoms with E-state index in [-0.39, 0.29) is 24.2 Å². The summed E-state index contributed by atoms with van der Waals surface area (Å²) in [6.45, 7) is 8.37. The van der Waals surface area contributed by atoms with Gasteiger partial charge in [-0.2, -0.15) is 0 Å². The van der Waals surface area contributed by atoms with Crippen molar-refractivity contribution in [3.8, 4) is 5.75 Å². The van der Waals surface area contributed by atoms with Crippen molar-refractivity contribution < 1.29 is 13.9 Å². The van der Waals surface area contributed by atoms with E-state index >= 15 is 0 Å². The fourth-order valence-corrected chi connectivity index (χ4v) is 4.35. The second kappa shape index (κ2) is 8.73. The van der Waals surface area contributed by atoms with Gasteiger partial charge in [-0.15, -0.1) is 0 Å². The number of hydrogen-bond acceptors (Lipinski definition) is 5. The molecular weight excluding hydrogens is 432 g/mol. The van der Waals surface area contributed by atoms with Gasteiger partial charge in [0.2, 0.25) is 0 Å². The number of ether oxygens (including phenoxy) is 1. The second-order valence-electron chi connectivity index (χ2n) is 7.79. The lowest BCUT2D eigenvalue weighted by Gasteiger charge is -2.15. The zero-order valence-electron chi connectivity index (χ0n) is 17.8. The molecule has 4 rings (SSSR count). The molecule has 0 unspecified atom stereocenters. The van der Waals surface area contributed by atoms with Crippen LogP contribution < -0.4 is 10.1 Å². The number of carbonyl (C=O) groups is 1. The van der Waals surface area contributed by atoms with Crippen LogP contribution in [0, 0.1) is 13.8 Å². The number of aryl methyl sites for hydroxylation is 2. The Morgan fingerprint density at radius 2 is 2.00 bits per heavy atom. The third kappa shape index (κ3) is 4.75. The highest BCUT2D eigenvalue weighted by Gasteiger charge is 2.16. The Labute approximate surface area is 190 Å². The molecule has 0 aliphatic carbocycles. The number of amides is 1. The molecule has 0 aliphatic heterocycles. The van der Waals surface area contributed by atoms with Gasteiger partial charge >= 0.3 is 0 Å². The van der Waals surface area contributed by atoms with E-state index in [0.717, 1.165) is 37.7 Å². The Kier molecular flexibility index (Phi) is 6.03. The van der Waals surface area contributed by atoms with Gasteiger partial charge in [0.25, 0.3) is 5.91 Å². The number of benzene rings is 2. The van der Waals surface area contributed by atoms with E-state index in [1.54, 1.807) is 12.1 Å². The van der Waals surface area contributed by atoms with E-state index in [4.69, 9.17) is 20.8 Å². The van der Waals surface area contributed by atoms with Crippen LogP contribution in [0.15, 0.2) is 46.9 Å². The minimum absolute atomic E-state index is 0.213. The molecule has 4 aromatic rings. The number of rotatable bonds is 6. The van der Waals surface area contributed by atoms with Gasteiger partial charge in [-0.3, -0.25) is 10.1 Å². The van der Waals surface area contributed by atoms with Crippen LogP contribution in [0.1, 0.15) is 52.8 Å². The van der Waals surface area contributed by atoms with Crippen molar-refractivity contribution >= 4 is 44.2 Å². The quantitative estimate of drug-likeness (QED) is 0.337. The largest absolute Gasteiger partial charge is 0.485 e. The summed E-state index contributed by atoms with van der Waals surface area (Å²) in [5, 5.41) is 4.07. The highest BCUT2D eigenvalue weighted by Crippen LogP contribution is 2.33. The molecule has 2 aromatic heterocycles. The summed E-state index contributed by atoms with van der Waals surface area (Å²) in [5.74, 6) is 1.47. The Hall–Kier alpha value is -2.83. The summed E-state index contributed by atoms with van der Waals surface area (Å²) >= 11 is 7.70. The highest BCUT2D eigenvalue weighted by molar-refractivity contribution is 7.22. The minimum atomic E-state index is -0.341. The number of halogens is 1. The first-order valence-electron chi connectivity index (χ1n) is 10.00. The SMILES string of the molecule is Cc1ccc2nc(NC(=O)c3ccc(COc4cc(C)c(Cl)cc4C(C)C)o3)sc2c1. The fraction of sp³-hybridized carbons (Fsp3) is 0.250. The minimum Gasteiger partial charge on any atom is -0.485 e. The van der Waals surface area contributed by atoms with Gasteiger partial charge < -0.3 is 9.15 Å². The maximum Gasteiger partial charge on any atom is 0.293 e. The number of nitrogens with zero attached hydrogens (tertiary/aromatic N) is 1. The van der Waals surface area contributed by atoms with Crippen LogP contribution in [0.5, 0.6) is 5.75 Å². The molecule has 1 N–H and O–H groups in total. The molecular formula is C24H23ClN2O3S. The normalized spacial score (nSPS) is 11.3. The first kappa shape index (κ1) is 21.4. The zero-order valence-corrected chi connectivity index (χ0v) is 19.4. The summed E-state index contributed by atoms with van der Waals surface area (Å²) < 4.78 is 12.7. The number of carbonyl (C=O) groups excluding carboxylic acids is 1. The third-order valence-corrected chi connectivity index (χ3v) is 6.27. The average molecular weight is 455 g/mol. The lowest BCUT2D eigenvalue weighted by Crippen LogP contribution is -2.10. The molecule has 7 heteroatoms. The average Bonchev–Trinajstić information content (AvgIpc) is 3.34. The van der Waals surface area contributed by atoms with Crippen LogP contribution in [0.25, 0.3) is 10.2 Å². The molecule has 0 bridgehead atoms. The van der Waals surface area contributed by atoms with E-state index in [2.05, 4.69) is 30.2 Å². The smallest absolute Gasteiger partial charge is 0.293 e. The van der Waals surface area contributed by atoms with Crippen molar-refractivity contribution in [3.63, 3.8) is 0 Å². The summed E-state index contributed by atoms with van der Waals surface area (Å²) in [6, 6.07) is 13.3. The predicted molar refractivity (Wildman–Crippen MR) is 126 cm³/mol. The maximum absolute atomic E-state index is 12.6. The molecule has 0 saturated heterocycles. The molecule has 5 nitrogen and oxygen atoms in total. The number of aromatic nitrogens is 1. The van der Waals surface area contributed by atoms with Crippen molar-refractivity contribution in [2.75, 3.05) is 5.32 Å². The first-order chi connectivity index (χ1) is 14.8. The molecule has 0 saturated carbocycles. The van der Waals surface area contributed by atoms with Gasteiger partial charge in [-0.1, -0.05) is 42.9 Å². The molecule has 1 amide bonds. The maximum atomic E-state index is 12.6. The second-order valence-corrected chi connectivity index (χ2v) is 9.23. The number of nitrogens with one attached hydrogen (secondary N) is 1. The van der Waals surface area contributed by atoms with Gasteiger partial charge in [-0.25, -0.2) is 4.98 Å². The Bertz CT molecular complexity index is 1260. The number of fused-ring (bicyclic) bond motifs is 1. The van der Waals surface area contributed by atoms with Gasteiger partial charge in [0.1, 0.15) is 18.1 Å². The first-order valence-corrected chi connectivity index (χ1v) is 11.2. The van der Waals surface area contributed by atoms with Gasteiger partial charge in [0.15, 0.2) is 10.9 Å². The van der Waals surface area contributed by atoms with Gasteiger partial charge in [-0.05, 0) is 72.9 Å². The Balaban J connectivity index is 1.44. The molecule has 2 aromatic carbocycles. The molecule has 2 heterocycles. The predicted octanol–water partition coefficient (Wildman–Crippen LogP) is 7.11. The van der Waals surface area contributed by atoms with E-state index in [0.29, 0.717) is 10.9 Å². The van der Waals surface area contributed by atoms with Crippen molar-refractivity contribution in [1.29, 1.82) is 0 Å². The van der Waals surface area contributed by atoms with Crippen LogP contribution in [-0.2, 0) is 6.61 Å². The summed E-state index contributed by atoms with van der Waals surface area (Å²) in [7, 11) is 0. The zero-order chi connectivity index (χ0) is 22.1. The molecule has 31 heavy (non-hydrogen) atoms. The van der Waals surface area contributed by atoms with Gasteiger partial charge in [0, 0.05) is 5.02 Å². The molecule has 0 spiro atoms. The van der Waals surface area contributed by atoms with Crippen LogP contribution >= 0.6 is 22.9 Å². The van der Waals surface area contributed by atoms with Crippen LogP contribution in [0.4, 0.5) is 5.13 Å². The van der Waals surface area contributed by atoms with Crippen LogP contribution in [0.2, 0.25) is 5.02 Å². The monoisotopic (exact) mass is 454 g/mol. The topological polar surface area (TPSA) is 64.4 Å². The molecule has 0 atom stereocenters.